The number of nitrogens with zero attached hydrogens (tertiary/aromatic N) is 3. The molecule has 23 heavy (non-hydrogen) atoms. The number of hydrogen-bond donors (Lipinski definition) is 1. The molecule has 1 unspecified atom stereocenters. The SMILES string of the molecule is Cc1cc(C(C)N)c2nc(N3CCCOCC3)n(C)c(=O)c2c1. The Bertz CT molecular complexity index is 774. The monoisotopic (exact) mass is 316 g/mol. The Morgan fingerprint density at radius 3 is 2.83 bits per heavy atom. The van der Waals surface area contributed by atoms with E-state index in [4.69, 9.17) is 15.5 Å². The van der Waals surface area contributed by atoms with Gasteiger partial charge in [0.1, 0.15) is 0 Å². The fourth-order valence-electron chi connectivity index (χ4n) is 3.12. The van der Waals surface area contributed by atoms with Crippen molar-refractivity contribution in [2.75, 3.05) is 31.2 Å². The summed E-state index contributed by atoms with van der Waals surface area (Å²) in [4.78, 5) is 19.8. The number of anilines is 1. The lowest BCUT2D eigenvalue weighted by Gasteiger charge is -2.24. The van der Waals surface area contributed by atoms with Crippen molar-refractivity contribution < 1.29 is 4.74 Å². The first-order chi connectivity index (χ1) is 11.0. The van der Waals surface area contributed by atoms with E-state index >= 15 is 0 Å². The highest BCUT2D eigenvalue weighted by atomic mass is 16.5. The number of nitrogens with two attached hydrogens (primary N) is 1. The lowest BCUT2D eigenvalue weighted by atomic mass is 10.0. The standard InChI is InChI=1S/C17H24N4O2/c1-11-9-13(12(2)18)15-14(10-11)16(22)20(3)17(19-15)21-5-4-7-23-8-6-21/h9-10,12H,4-8,18H2,1-3H3. The molecule has 6 heteroatoms. The fraction of sp³-hybridized carbons (Fsp3) is 0.529. The molecule has 2 aromatic rings. The zero-order valence-corrected chi connectivity index (χ0v) is 14.0. The van der Waals surface area contributed by atoms with Crippen LogP contribution in [-0.4, -0.2) is 35.9 Å². The van der Waals surface area contributed by atoms with Gasteiger partial charge in [-0.25, -0.2) is 4.98 Å². The summed E-state index contributed by atoms with van der Waals surface area (Å²) in [6, 6.07) is 3.75. The van der Waals surface area contributed by atoms with Crippen LogP contribution in [0.5, 0.6) is 0 Å². The van der Waals surface area contributed by atoms with Crippen LogP contribution < -0.4 is 16.2 Å². The van der Waals surface area contributed by atoms with Crippen molar-refractivity contribution in [3.05, 3.63) is 33.6 Å². The average Bonchev–Trinajstić information content (AvgIpc) is 2.79. The molecular formula is C17H24N4O2. The highest BCUT2D eigenvalue weighted by Gasteiger charge is 2.19. The summed E-state index contributed by atoms with van der Waals surface area (Å²) >= 11 is 0. The van der Waals surface area contributed by atoms with Gasteiger partial charge in [-0.05, 0) is 37.5 Å². The van der Waals surface area contributed by atoms with E-state index in [-0.39, 0.29) is 11.6 Å². The Morgan fingerprint density at radius 1 is 1.30 bits per heavy atom. The maximum Gasteiger partial charge on any atom is 0.262 e. The molecule has 1 fully saturated rings. The third-order valence-electron chi connectivity index (χ3n) is 4.33. The van der Waals surface area contributed by atoms with Gasteiger partial charge < -0.3 is 15.4 Å². The summed E-state index contributed by atoms with van der Waals surface area (Å²) in [6.45, 7) is 6.89. The molecule has 1 saturated heterocycles. The quantitative estimate of drug-likeness (QED) is 0.908. The van der Waals surface area contributed by atoms with Gasteiger partial charge in [0, 0.05) is 32.8 Å². The Kier molecular flexibility index (Phi) is 4.37. The lowest BCUT2D eigenvalue weighted by molar-refractivity contribution is 0.152. The summed E-state index contributed by atoms with van der Waals surface area (Å²) in [5.41, 5.74) is 8.75. The van der Waals surface area contributed by atoms with E-state index in [0.29, 0.717) is 23.5 Å². The second kappa shape index (κ2) is 6.29. The maximum atomic E-state index is 12.8. The van der Waals surface area contributed by atoms with Crippen LogP contribution in [0.1, 0.15) is 30.5 Å². The lowest BCUT2D eigenvalue weighted by Crippen LogP contribution is -2.33. The minimum absolute atomic E-state index is 0.0271. The van der Waals surface area contributed by atoms with Crippen LogP contribution in [0.15, 0.2) is 16.9 Å². The molecule has 1 aliphatic rings. The minimum atomic E-state index is -0.169. The normalized spacial score (nSPS) is 17.3. The van der Waals surface area contributed by atoms with Crippen molar-refractivity contribution >= 4 is 16.9 Å². The van der Waals surface area contributed by atoms with Crippen LogP contribution in [0.25, 0.3) is 10.9 Å². The first kappa shape index (κ1) is 16.0. The molecular weight excluding hydrogens is 292 g/mol. The first-order valence-electron chi connectivity index (χ1n) is 8.08. The summed E-state index contributed by atoms with van der Waals surface area (Å²) in [6.07, 6.45) is 0.932. The molecule has 3 rings (SSSR count). The minimum Gasteiger partial charge on any atom is -0.380 e. The summed E-state index contributed by atoms with van der Waals surface area (Å²) in [7, 11) is 1.78. The van der Waals surface area contributed by atoms with Crippen molar-refractivity contribution in [3.8, 4) is 0 Å². The highest BCUT2D eigenvalue weighted by molar-refractivity contribution is 5.83. The van der Waals surface area contributed by atoms with Gasteiger partial charge in [0.05, 0.1) is 17.5 Å². The molecule has 0 spiro atoms. The van der Waals surface area contributed by atoms with E-state index < -0.39 is 0 Å². The van der Waals surface area contributed by atoms with Gasteiger partial charge in [-0.3, -0.25) is 9.36 Å². The maximum absolute atomic E-state index is 12.8. The van der Waals surface area contributed by atoms with Gasteiger partial charge in [-0.2, -0.15) is 0 Å². The van der Waals surface area contributed by atoms with Crippen LogP contribution in [0, 0.1) is 6.92 Å². The summed E-state index contributed by atoms with van der Waals surface area (Å²) in [5, 5.41) is 0.634. The zero-order chi connectivity index (χ0) is 16.6. The van der Waals surface area contributed by atoms with Gasteiger partial charge >= 0.3 is 0 Å². The van der Waals surface area contributed by atoms with Crippen molar-refractivity contribution in [1.82, 2.24) is 9.55 Å². The molecule has 1 aliphatic heterocycles. The molecule has 0 aliphatic carbocycles. The molecule has 6 nitrogen and oxygen atoms in total. The van der Waals surface area contributed by atoms with Gasteiger partial charge in [-0.15, -0.1) is 0 Å². The van der Waals surface area contributed by atoms with Crippen molar-refractivity contribution in [2.24, 2.45) is 12.8 Å². The van der Waals surface area contributed by atoms with Gasteiger partial charge in [0.2, 0.25) is 5.95 Å². The van der Waals surface area contributed by atoms with Crippen LogP contribution >= 0.6 is 0 Å². The van der Waals surface area contributed by atoms with E-state index in [1.54, 1.807) is 11.6 Å². The third kappa shape index (κ3) is 2.96. The number of aromatic nitrogens is 2. The smallest absolute Gasteiger partial charge is 0.262 e. The van der Waals surface area contributed by atoms with E-state index in [2.05, 4.69) is 4.90 Å². The fourth-order valence-corrected chi connectivity index (χ4v) is 3.12. The number of rotatable bonds is 2. The molecule has 2 heterocycles. The largest absolute Gasteiger partial charge is 0.380 e. The van der Waals surface area contributed by atoms with Crippen molar-refractivity contribution in [3.63, 3.8) is 0 Å². The summed E-state index contributed by atoms with van der Waals surface area (Å²) < 4.78 is 7.14. The van der Waals surface area contributed by atoms with Crippen LogP contribution in [0.3, 0.4) is 0 Å². The topological polar surface area (TPSA) is 73.4 Å². The molecule has 1 aromatic heterocycles. The van der Waals surface area contributed by atoms with Gasteiger partial charge in [0.25, 0.3) is 5.56 Å². The van der Waals surface area contributed by atoms with E-state index in [1.165, 1.54) is 0 Å². The molecule has 1 aromatic carbocycles. The van der Waals surface area contributed by atoms with Gasteiger partial charge in [-0.1, -0.05) is 6.07 Å². The predicted octanol–water partition coefficient (Wildman–Crippen LogP) is 1.49. The van der Waals surface area contributed by atoms with E-state index in [0.717, 1.165) is 37.2 Å². The van der Waals surface area contributed by atoms with Gasteiger partial charge in [0.15, 0.2) is 0 Å². The zero-order valence-electron chi connectivity index (χ0n) is 14.0. The Morgan fingerprint density at radius 2 is 2.09 bits per heavy atom. The van der Waals surface area contributed by atoms with Crippen LogP contribution in [0.4, 0.5) is 5.95 Å². The molecule has 0 saturated carbocycles. The average molecular weight is 316 g/mol. The van der Waals surface area contributed by atoms with E-state index in [1.807, 2.05) is 26.0 Å². The Hall–Kier alpha value is -1.92. The molecule has 0 amide bonds. The number of fused-ring (bicyclic) bond motifs is 1. The highest BCUT2D eigenvalue weighted by Crippen LogP contribution is 2.24. The molecule has 2 N–H and O–H groups in total. The van der Waals surface area contributed by atoms with E-state index in [9.17, 15) is 4.79 Å². The number of aryl methyl sites for hydroxylation is 1. The third-order valence-corrected chi connectivity index (χ3v) is 4.33. The first-order valence-corrected chi connectivity index (χ1v) is 8.08. The second-order valence-corrected chi connectivity index (χ2v) is 6.27. The molecule has 124 valence electrons. The number of hydrogen-bond acceptors (Lipinski definition) is 5. The van der Waals surface area contributed by atoms with Crippen molar-refractivity contribution in [1.29, 1.82) is 0 Å². The van der Waals surface area contributed by atoms with Crippen molar-refractivity contribution in [2.45, 2.75) is 26.3 Å². The molecule has 0 radical (unpaired) electrons. The number of benzene rings is 1. The van der Waals surface area contributed by atoms with Crippen LogP contribution in [-0.2, 0) is 11.8 Å². The number of ether oxygens (including phenoxy) is 1. The Balaban J connectivity index is 2.24. The van der Waals surface area contributed by atoms with Crippen LogP contribution in [0.2, 0.25) is 0 Å². The Labute approximate surface area is 135 Å². The molecule has 0 bridgehead atoms. The second-order valence-electron chi connectivity index (χ2n) is 6.27. The molecule has 1 atom stereocenters. The predicted molar refractivity (Wildman–Crippen MR) is 92.0 cm³/mol. The summed E-state index contributed by atoms with van der Waals surface area (Å²) in [5.74, 6) is 0.693.